The van der Waals surface area contributed by atoms with Gasteiger partial charge in [0.15, 0.2) is 6.04 Å². The number of aromatic nitrogens is 1. The van der Waals surface area contributed by atoms with Gasteiger partial charge in [0, 0.05) is 18.8 Å². The van der Waals surface area contributed by atoms with Gasteiger partial charge in [-0.1, -0.05) is 0 Å². The molecule has 0 saturated carbocycles. The molecule has 0 aromatic carbocycles. The number of carbonyl (C=O) groups excluding carboxylic acids is 1. The predicted molar refractivity (Wildman–Crippen MR) is 69.4 cm³/mol. The minimum atomic E-state index is 0.0116. The second kappa shape index (κ2) is 6.26. The lowest BCUT2D eigenvalue weighted by Crippen LogP contribution is -3.15. The quantitative estimate of drug-likeness (QED) is 0.564. The van der Waals surface area contributed by atoms with Crippen LogP contribution in [0.25, 0.3) is 0 Å². The number of pyridine rings is 1. The molecule has 5 heteroatoms. The Balaban J connectivity index is 1.86. The van der Waals surface area contributed by atoms with Gasteiger partial charge in [-0.2, -0.15) is 5.10 Å². The highest BCUT2D eigenvalue weighted by atomic mass is 16.2. The van der Waals surface area contributed by atoms with Crippen LogP contribution in [0.4, 0.5) is 0 Å². The molecular formula is C13H19N4O+. The Morgan fingerprint density at radius 2 is 2.28 bits per heavy atom. The lowest BCUT2D eigenvalue weighted by atomic mass is 10.0. The summed E-state index contributed by atoms with van der Waals surface area (Å²) in [4.78, 5) is 17.1. The Morgan fingerprint density at radius 3 is 3.00 bits per heavy atom. The molecule has 0 radical (unpaired) electrons. The highest BCUT2D eigenvalue weighted by Gasteiger charge is 2.29. The number of hydrogen-bond acceptors (Lipinski definition) is 3. The normalized spacial score (nSPS) is 24.1. The van der Waals surface area contributed by atoms with Crippen molar-refractivity contribution in [3.8, 4) is 0 Å². The third-order valence-electron chi connectivity index (χ3n) is 3.32. The zero-order valence-electron chi connectivity index (χ0n) is 10.6. The number of likely N-dealkylation sites (N-methyl/N-ethyl adjacent to an activating group) is 1. The van der Waals surface area contributed by atoms with E-state index in [0.717, 1.165) is 24.9 Å². The lowest BCUT2D eigenvalue weighted by Gasteiger charge is -2.27. The van der Waals surface area contributed by atoms with Crippen LogP contribution < -0.4 is 10.3 Å². The summed E-state index contributed by atoms with van der Waals surface area (Å²) >= 11 is 0. The molecule has 2 N–H and O–H groups in total. The molecule has 1 fully saturated rings. The smallest absolute Gasteiger partial charge is 0.298 e. The van der Waals surface area contributed by atoms with Crippen LogP contribution in [-0.4, -0.2) is 36.7 Å². The molecular weight excluding hydrogens is 228 g/mol. The lowest BCUT2D eigenvalue weighted by molar-refractivity contribution is -0.901. The van der Waals surface area contributed by atoms with E-state index in [0.29, 0.717) is 0 Å². The monoisotopic (exact) mass is 247 g/mol. The van der Waals surface area contributed by atoms with Gasteiger partial charge in [-0.15, -0.1) is 0 Å². The average Bonchev–Trinajstić information content (AvgIpc) is 2.40. The van der Waals surface area contributed by atoms with E-state index in [1.54, 1.807) is 18.6 Å². The topological polar surface area (TPSA) is 58.8 Å². The van der Waals surface area contributed by atoms with Crippen molar-refractivity contribution in [2.24, 2.45) is 5.10 Å². The van der Waals surface area contributed by atoms with Crippen molar-refractivity contribution in [1.29, 1.82) is 0 Å². The maximum Gasteiger partial charge on any atom is 0.298 e. The van der Waals surface area contributed by atoms with E-state index in [4.69, 9.17) is 0 Å². The van der Waals surface area contributed by atoms with Crippen LogP contribution in [0.2, 0.25) is 0 Å². The van der Waals surface area contributed by atoms with Crippen molar-refractivity contribution in [3.63, 3.8) is 0 Å². The Morgan fingerprint density at radius 1 is 1.50 bits per heavy atom. The van der Waals surface area contributed by atoms with E-state index in [1.807, 2.05) is 12.1 Å². The van der Waals surface area contributed by atoms with Gasteiger partial charge in [-0.25, -0.2) is 5.43 Å². The fourth-order valence-electron chi connectivity index (χ4n) is 2.23. The van der Waals surface area contributed by atoms with Crippen molar-refractivity contribution in [1.82, 2.24) is 10.4 Å². The second-order valence-electron chi connectivity index (χ2n) is 4.66. The number of likely N-dealkylation sites (tertiary alicyclic amines) is 1. The zero-order chi connectivity index (χ0) is 12.8. The van der Waals surface area contributed by atoms with E-state index < -0.39 is 0 Å². The van der Waals surface area contributed by atoms with Crippen LogP contribution in [0.5, 0.6) is 0 Å². The van der Waals surface area contributed by atoms with Gasteiger partial charge in [-0.3, -0.25) is 9.78 Å². The van der Waals surface area contributed by atoms with Crippen molar-refractivity contribution >= 4 is 12.1 Å². The fraction of sp³-hybridized carbons (Fsp3) is 0.462. The molecule has 2 atom stereocenters. The van der Waals surface area contributed by atoms with E-state index in [-0.39, 0.29) is 11.9 Å². The molecule has 2 rings (SSSR count). The van der Waals surface area contributed by atoms with Gasteiger partial charge in [0.05, 0.1) is 19.8 Å². The molecule has 0 bridgehead atoms. The number of nitrogens with one attached hydrogen (secondary N) is 2. The molecule has 18 heavy (non-hydrogen) atoms. The summed E-state index contributed by atoms with van der Waals surface area (Å²) in [7, 11) is 2.07. The highest BCUT2D eigenvalue weighted by molar-refractivity contribution is 5.84. The van der Waals surface area contributed by atoms with E-state index in [2.05, 4.69) is 22.6 Å². The number of quaternary nitrogens is 1. The first-order chi connectivity index (χ1) is 8.77. The van der Waals surface area contributed by atoms with Gasteiger partial charge in [0.25, 0.3) is 5.91 Å². The van der Waals surface area contributed by atoms with Gasteiger partial charge in [0.2, 0.25) is 0 Å². The number of hydrogen-bond donors (Lipinski definition) is 2. The third-order valence-corrected chi connectivity index (χ3v) is 3.32. The molecule has 2 heterocycles. The highest BCUT2D eigenvalue weighted by Crippen LogP contribution is 2.02. The van der Waals surface area contributed by atoms with Crippen molar-refractivity contribution < 1.29 is 9.69 Å². The van der Waals surface area contributed by atoms with E-state index in [1.165, 1.54) is 11.3 Å². The minimum absolute atomic E-state index is 0.0116. The van der Waals surface area contributed by atoms with E-state index in [9.17, 15) is 4.79 Å². The summed E-state index contributed by atoms with van der Waals surface area (Å²) in [5.41, 5.74) is 3.55. The summed E-state index contributed by atoms with van der Waals surface area (Å²) in [6.07, 6.45) is 8.31. The number of carbonyl (C=O) groups is 1. The summed E-state index contributed by atoms with van der Waals surface area (Å²) in [5.74, 6) is 0.0116. The first-order valence-electron chi connectivity index (χ1n) is 6.32. The molecule has 5 nitrogen and oxygen atoms in total. The first kappa shape index (κ1) is 12.7. The molecule has 1 aliphatic heterocycles. The zero-order valence-corrected chi connectivity index (χ0v) is 10.6. The molecule has 1 saturated heterocycles. The maximum atomic E-state index is 11.9. The number of piperidine rings is 1. The van der Waals surface area contributed by atoms with Crippen LogP contribution in [0.1, 0.15) is 24.8 Å². The Hall–Kier alpha value is -1.75. The number of hydrazone groups is 1. The molecule has 96 valence electrons. The van der Waals surface area contributed by atoms with Crippen LogP contribution in [0.3, 0.4) is 0 Å². The molecule has 0 aliphatic carbocycles. The van der Waals surface area contributed by atoms with Crippen molar-refractivity contribution in [2.75, 3.05) is 13.6 Å². The van der Waals surface area contributed by atoms with Crippen molar-refractivity contribution in [3.05, 3.63) is 30.1 Å². The van der Waals surface area contributed by atoms with Crippen molar-refractivity contribution in [2.45, 2.75) is 25.3 Å². The standard InChI is InChI=1S/C13H18N4O/c1-17-9-3-2-4-12(17)13(18)16-15-10-11-5-7-14-8-6-11/h5-8,10,12H,2-4,9H2,1H3,(H,16,18)/p+1. The Labute approximate surface area is 107 Å². The van der Waals surface area contributed by atoms with Crippen LogP contribution in [0, 0.1) is 0 Å². The molecule has 1 amide bonds. The van der Waals surface area contributed by atoms with Gasteiger partial charge in [-0.05, 0) is 30.5 Å². The summed E-state index contributed by atoms with van der Waals surface area (Å²) < 4.78 is 0. The number of amides is 1. The third kappa shape index (κ3) is 3.37. The minimum Gasteiger partial charge on any atom is -0.327 e. The molecule has 2 unspecified atom stereocenters. The first-order valence-corrected chi connectivity index (χ1v) is 6.32. The van der Waals surface area contributed by atoms with E-state index >= 15 is 0 Å². The van der Waals surface area contributed by atoms with Gasteiger partial charge >= 0.3 is 0 Å². The average molecular weight is 247 g/mol. The summed E-state index contributed by atoms with van der Waals surface area (Å²) in [6.45, 7) is 1.06. The Bertz CT molecular complexity index is 418. The number of rotatable bonds is 3. The Kier molecular flexibility index (Phi) is 4.41. The molecule has 1 aromatic heterocycles. The van der Waals surface area contributed by atoms with Crippen LogP contribution in [0.15, 0.2) is 29.6 Å². The predicted octanol–water partition coefficient (Wildman–Crippen LogP) is -0.401. The second-order valence-corrected chi connectivity index (χ2v) is 4.66. The largest absolute Gasteiger partial charge is 0.327 e. The molecule has 0 spiro atoms. The van der Waals surface area contributed by atoms with Crippen LogP contribution in [-0.2, 0) is 4.79 Å². The van der Waals surface area contributed by atoms with Crippen LogP contribution >= 0.6 is 0 Å². The molecule has 1 aromatic rings. The van der Waals surface area contributed by atoms with Gasteiger partial charge in [0.1, 0.15) is 0 Å². The number of nitrogens with zero attached hydrogens (tertiary/aromatic N) is 2. The molecule has 1 aliphatic rings. The summed E-state index contributed by atoms with van der Waals surface area (Å²) in [6, 6.07) is 3.72. The summed E-state index contributed by atoms with van der Waals surface area (Å²) in [5, 5.41) is 3.99. The SMILES string of the molecule is C[NH+]1CCCCC1C(=O)NN=Cc1ccncc1. The van der Waals surface area contributed by atoms with Gasteiger partial charge < -0.3 is 4.90 Å². The maximum absolute atomic E-state index is 11.9. The fourth-order valence-corrected chi connectivity index (χ4v) is 2.23.